The zero-order chi connectivity index (χ0) is 17.9. The van der Waals surface area contributed by atoms with Gasteiger partial charge in [0.15, 0.2) is 0 Å². The first kappa shape index (κ1) is 18.0. The van der Waals surface area contributed by atoms with Crippen molar-refractivity contribution in [2.24, 2.45) is 7.05 Å². The minimum Gasteiger partial charge on any atom is -0.506 e. The second-order valence-electron chi connectivity index (χ2n) is 5.23. The molecule has 0 bridgehead atoms. The van der Waals surface area contributed by atoms with Crippen molar-refractivity contribution in [2.75, 3.05) is 18.4 Å². The van der Waals surface area contributed by atoms with E-state index in [0.29, 0.717) is 13.1 Å². The van der Waals surface area contributed by atoms with Gasteiger partial charge in [0.1, 0.15) is 16.3 Å². The predicted molar refractivity (Wildman–Crippen MR) is 91.6 cm³/mol. The van der Waals surface area contributed by atoms with Crippen molar-refractivity contribution in [1.29, 1.82) is 0 Å². The fourth-order valence-corrected chi connectivity index (χ4v) is 3.91. The number of aryl methyl sites for hydroxylation is 1. The van der Waals surface area contributed by atoms with Gasteiger partial charge >= 0.3 is 0 Å². The van der Waals surface area contributed by atoms with Gasteiger partial charge in [-0.25, -0.2) is 8.42 Å². The second-order valence-corrected chi connectivity index (χ2v) is 7.17. The van der Waals surface area contributed by atoms with Crippen LogP contribution in [0.4, 0.5) is 5.69 Å². The minimum atomic E-state index is -3.63. The van der Waals surface area contributed by atoms with Crippen LogP contribution in [0.25, 0.3) is 0 Å². The largest absolute Gasteiger partial charge is 0.506 e. The molecule has 0 fully saturated rings. The maximum absolute atomic E-state index is 12.5. The van der Waals surface area contributed by atoms with Crippen molar-refractivity contribution >= 4 is 21.6 Å². The van der Waals surface area contributed by atoms with Crippen LogP contribution in [0, 0.1) is 0 Å². The summed E-state index contributed by atoms with van der Waals surface area (Å²) in [6.45, 7) is 4.23. The summed E-state index contributed by atoms with van der Waals surface area (Å²) in [5.74, 6) is -0.559. The summed E-state index contributed by atoms with van der Waals surface area (Å²) >= 11 is 0. The Kier molecular flexibility index (Phi) is 5.30. The molecule has 0 spiro atoms. The lowest BCUT2D eigenvalue weighted by Gasteiger charge is -2.17. The zero-order valence-electron chi connectivity index (χ0n) is 13.9. The van der Waals surface area contributed by atoms with E-state index in [9.17, 15) is 18.3 Å². The third-order valence-electron chi connectivity index (χ3n) is 3.71. The van der Waals surface area contributed by atoms with Gasteiger partial charge < -0.3 is 15.0 Å². The average molecular weight is 351 g/mol. The van der Waals surface area contributed by atoms with Crippen LogP contribution >= 0.6 is 0 Å². The van der Waals surface area contributed by atoms with Crippen LogP contribution in [0.15, 0.2) is 41.4 Å². The Bertz CT molecular complexity index is 839. The average Bonchev–Trinajstić information content (AvgIpc) is 2.93. The lowest BCUT2D eigenvalue weighted by atomic mass is 10.3. The molecule has 0 aliphatic heterocycles. The Morgan fingerprint density at radius 3 is 2.46 bits per heavy atom. The summed E-state index contributed by atoms with van der Waals surface area (Å²) < 4.78 is 27.8. The number of carbonyl (C=O) groups excluding carboxylic acids is 1. The Morgan fingerprint density at radius 1 is 1.25 bits per heavy atom. The SMILES string of the molecule is CCN(CC)S(=O)(=O)c1cc(C(=O)Nc2ccccc2O)n(C)c1. The number of anilines is 1. The van der Waals surface area contributed by atoms with Gasteiger partial charge in [0, 0.05) is 26.3 Å². The van der Waals surface area contributed by atoms with Crippen LogP contribution in [0.5, 0.6) is 5.75 Å². The van der Waals surface area contributed by atoms with Gasteiger partial charge in [-0.15, -0.1) is 0 Å². The molecule has 8 heteroatoms. The normalized spacial score (nSPS) is 11.7. The van der Waals surface area contributed by atoms with Gasteiger partial charge in [-0.05, 0) is 18.2 Å². The second kappa shape index (κ2) is 7.06. The number of amides is 1. The number of hydrogen-bond donors (Lipinski definition) is 2. The molecule has 1 amide bonds. The number of phenolic OH excluding ortho intramolecular Hbond substituents is 1. The van der Waals surface area contributed by atoms with Crippen LogP contribution in [-0.2, 0) is 17.1 Å². The highest BCUT2D eigenvalue weighted by atomic mass is 32.2. The summed E-state index contributed by atoms with van der Waals surface area (Å²) in [7, 11) is -2.04. The van der Waals surface area contributed by atoms with E-state index in [4.69, 9.17) is 0 Å². The molecule has 2 rings (SSSR count). The van der Waals surface area contributed by atoms with Gasteiger partial charge in [-0.3, -0.25) is 4.79 Å². The summed E-state index contributed by atoms with van der Waals surface area (Å²) in [6.07, 6.45) is 1.41. The van der Waals surface area contributed by atoms with Crippen molar-refractivity contribution in [3.8, 4) is 5.75 Å². The van der Waals surface area contributed by atoms with E-state index in [1.54, 1.807) is 39.1 Å². The molecular weight excluding hydrogens is 330 g/mol. The summed E-state index contributed by atoms with van der Waals surface area (Å²) in [4.78, 5) is 12.5. The monoisotopic (exact) mass is 351 g/mol. The Morgan fingerprint density at radius 2 is 1.88 bits per heavy atom. The number of benzene rings is 1. The molecule has 1 aromatic carbocycles. The molecule has 1 aromatic heterocycles. The van der Waals surface area contributed by atoms with Gasteiger partial charge in [0.05, 0.1) is 5.69 Å². The number of aromatic hydroxyl groups is 1. The van der Waals surface area contributed by atoms with Crippen molar-refractivity contribution in [2.45, 2.75) is 18.7 Å². The van der Waals surface area contributed by atoms with Gasteiger partial charge in [0.25, 0.3) is 5.91 Å². The molecule has 0 unspecified atom stereocenters. The third-order valence-corrected chi connectivity index (χ3v) is 5.72. The number of sulfonamides is 1. The van der Waals surface area contributed by atoms with Gasteiger partial charge in [0.2, 0.25) is 10.0 Å². The van der Waals surface area contributed by atoms with Crippen molar-refractivity contribution in [3.63, 3.8) is 0 Å². The Labute approximate surface area is 141 Å². The lowest BCUT2D eigenvalue weighted by Crippen LogP contribution is -2.30. The van der Waals surface area contributed by atoms with E-state index < -0.39 is 15.9 Å². The summed E-state index contributed by atoms with van der Waals surface area (Å²) in [5.41, 5.74) is 0.445. The van der Waals surface area contributed by atoms with Crippen molar-refractivity contribution < 1.29 is 18.3 Å². The van der Waals surface area contributed by atoms with Crippen LogP contribution in [0.2, 0.25) is 0 Å². The van der Waals surface area contributed by atoms with Crippen LogP contribution in [-0.4, -0.2) is 41.4 Å². The van der Waals surface area contributed by atoms with E-state index >= 15 is 0 Å². The Hall–Kier alpha value is -2.32. The Balaban J connectivity index is 2.32. The number of para-hydroxylation sites is 2. The van der Waals surface area contributed by atoms with E-state index in [-0.39, 0.29) is 22.0 Å². The first-order valence-corrected chi connectivity index (χ1v) is 9.01. The first-order valence-electron chi connectivity index (χ1n) is 7.57. The first-order chi connectivity index (χ1) is 11.3. The predicted octanol–water partition coefficient (Wildman–Crippen LogP) is 2.01. The highest BCUT2D eigenvalue weighted by Gasteiger charge is 2.25. The van der Waals surface area contributed by atoms with Crippen LogP contribution in [0.3, 0.4) is 0 Å². The van der Waals surface area contributed by atoms with Gasteiger partial charge in [-0.2, -0.15) is 4.31 Å². The fourth-order valence-electron chi connectivity index (χ4n) is 2.38. The van der Waals surface area contributed by atoms with Crippen molar-refractivity contribution in [1.82, 2.24) is 8.87 Å². The van der Waals surface area contributed by atoms with E-state index in [2.05, 4.69) is 5.32 Å². The number of nitrogens with one attached hydrogen (secondary N) is 1. The van der Waals surface area contributed by atoms with E-state index in [0.717, 1.165) is 0 Å². The molecule has 1 heterocycles. The maximum atomic E-state index is 12.5. The molecule has 0 radical (unpaired) electrons. The number of nitrogens with zero attached hydrogens (tertiary/aromatic N) is 2. The zero-order valence-corrected chi connectivity index (χ0v) is 14.7. The molecule has 0 saturated carbocycles. The molecule has 0 saturated heterocycles. The number of rotatable bonds is 6. The quantitative estimate of drug-likeness (QED) is 0.779. The topological polar surface area (TPSA) is 91.6 Å². The van der Waals surface area contributed by atoms with Gasteiger partial charge in [-0.1, -0.05) is 26.0 Å². The van der Waals surface area contributed by atoms with Crippen LogP contribution in [0.1, 0.15) is 24.3 Å². The number of aromatic nitrogens is 1. The smallest absolute Gasteiger partial charge is 0.272 e. The fraction of sp³-hybridized carbons (Fsp3) is 0.312. The van der Waals surface area contributed by atoms with Crippen LogP contribution < -0.4 is 5.32 Å². The highest BCUT2D eigenvalue weighted by Crippen LogP contribution is 2.23. The lowest BCUT2D eigenvalue weighted by molar-refractivity contribution is 0.101. The number of carbonyl (C=O) groups is 1. The number of phenols is 1. The van der Waals surface area contributed by atoms with E-state index in [1.807, 2.05) is 0 Å². The minimum absolute atomic E-state index is 0.0592. The molecule has 2 N–H and O–H groups in total. The highest BCUT2D eigenvalue weighted by molar-refractivity contribution is 7.89. The van der Waals surface area contributed by atoms with Crippen molar-refractivity contribution in [3.05, 3.63) is 42.2 Å². The molecule has 24 heavy (non-hydrogen) atoms. The number of hydrogen-bond acceptors (Lipinski definition) is 4. The summed E-state index contributed by atoms with van der Waals surface area (Å²) in [5, 5.41) is 12.3. The molecule has 130 valence electrons. The van der Waals surface area contributed by atoms with E-state index in [1.165, 1.54) is 27.2 Å². The molecule has 7 nitrogen and oxygen atoms in total. The molecular formula is C16H21N3O4S. The third kappa shape index (κ3) is 3.44. The maximum Gasteiger partial charge on any atom is 0.272 e. The molecule has 0 atom stereocenters. The molecule has 0 aliphatic carbocycles. The standard InChI is InChI=1S/C16H21N3O4S/c1-4-19(5-2)24(22,23)12-10-14(18(3)11-12)16(21)17-13-8-6-7-9-15(13)20/h6-11,20H,4-5H2,1-3H3,(H,17,21). The summed E-state index contributed by atoms with van der Waals surface area (Å²) in [6, 6.07) is 7.67. The molecule has 2 aromatic rings. The molecule has 0 aliphatic rings.